The van der Waals surface area contributed by atoms with Crippen LogP contribution in [0.25, 0.3) is 0 Å². The van der Waals surface area contributed by atoms with Crippen molar-refractivity contribution in [2.45, 2.75) is 26.4 Å². The van der Waals surface area contributed by atoms with Crippen LogP contribution in [0.2, 0.25) is 0 Å². The van der Waals surface area contributed by atoms with Crippen molar-refractivity contribution in [3.63, 3.8) is 0 Å². The summed E-state index contributed by atoms with van der Waals surface area (Å²) in [6.07, 6.45) is 0.857. The molecule has 0 aliphatic rings. The van der Waals surface area contributed by atoms with Crippen molar-refractivity contribution in [1.82, 2.24) is 5.32 Å². The van der Waals surface area contributed by atoms with Crippen LogP contribution in [0.15, 0.2) is 24.3 Å². The maximum absolute atomic E-state index is 11.6. The fourth-order valence-corrected chi connectivity index (χ4v) is 1.75. The Labute approximate surface area is 132 Å². The van der Waals surface area contributed by atoms with Crippen molar-refractivity contribution in [3.05, 3.63) is 27.8 Å². The Morgan fingerprint density at radius 2 is 1.85 bits per heavy atom. The number of anilines is 1. The highest BCUT2D eigenvalue weighted by Gasteiger charge is 2.12. The molecule has 0 atom stereocenters. The summed E-state index contributed by atoms with van der Waals surface area (Å²) in [6.45, 7) is 4.89. The number of carbonyl (C=O) groups is 2. The first kappa shape index (κ1) is 16.9. The van der Waals surface area contributed by atoms with Gasteiger partial charge in [-0.15, -0.1) is 0 Å². The molecule has 0 saturated heterocycles. The predicted molar refractivity (Wildman–Crippen MR) is 86.5 cm³/mol. The van der Waals surface area contributed by atoms with Crippen molar-refractivity contribution in [1.29, 1.82) is 0 Å². The van der Waals surface area contributed by atoms with Crippen molar-refractivity contribution in [2.24, 2.45) is 0 Å². The van der Waals surface area contributed by atoms with Gasteiger partial charge in [0.05, 0.1) is 6.10 Å². The van der Waals surface area contributed by atoms with Crippen molar-refractivity contribution >= 4 is 40.1 Å². The van der Waals surface area contributed by atoms with Crippen LogP contribution in [-0.4, -0.2) is 31.1 Å². The van der Waals surface area contributed by atoms with E-state index in [1.165, 1.54) is 0 Å². The second-order valence-corrected chi connectivity index (χ2v) is 5.74. The van der Waals surface area contributed by atoms with E-state index in [-0.39, 0.29) is 6.10 Å². The highest BCUT2D eigenvalue weighted by atomic mass is 127. The lowest BCUT2D eigenvalue weighted by Gasteiger charge is -2.08. The summed E-state index contributed by atoms with van der Waals surface area (Å²) >= 11 is 2.17. The van der Waals surface area contributed by atoms with E-state index >= 15 is 0 Å². The van der Waals surface area contributed by atoms with Gasteiger partial charge in [-0.05, 0) is 67.1 Å². The third-order valence-corrected chi connectivity index (χ3v) is 3.09. The van der Waals surface area contributed by atoms with Gasteiger partial charge in [-0.1, -0.05) is 0 Å². The standard InChI is InChI=1S/C14H19IN2O3/c1-10(2)20-9-3-8-16-13(18)14(19)17-12-6-4-11(15)5-7-12/h4-7,10H,3,8-9H2,1-2H3,(H,16,18)(H,17,19). The molecule has 2 N–H and O–H groups in total. The average Bonchev–Trinajstić information content (AvgIpc) is 2.40. The molecule has 20 heavy (non-hydrogen) atoms. The van der Waals surface area contributed by atoms with Crippen LogP contribution >= 0.6 is 22.6 Å². The monoisotopic (exact) mass is 390 g/mol. The van der Waals surface area contributed by atoms with Gasteiger partial charge >= 0.3 is 11.8 Å². The Hall–Kier alpha value is -1.15. The molecule has 0 heterocycles. The van der Waals surface area contributed by atoms with Gasteiger partial charge in [0.25, 0.3) is 0 Å². The second kappa shape index (κ2) is 8.91. The minimum atomic E-state index is -0.656. The molecule has 110 valence electrons. The zero-order valence-electron chi connectivity index (χ0n) is 11.6. The SMILES string of the molecule is CC(C)OCCCNC(=O)C(=O)Nc1ccc(I)cc1. The lowest BCUT2D eigenvalue weighted by molar-refractivity contribution is -0.136. The molecule has 0 fully saturated rings. The van der Waals surface area contributed by atoms with Crippen LogP contribution in [0, 0.1) is 3.57 Å². The summed E-state index contributed by atoms with van der Waals surface area (Å²) in [5.41, 5.74) is 0.605. The van der Waals surface area contributed by atoms with Gasteiger partial charge in [-0.25, -0.2) is 0 Å². The maximum atomic E-state index is 11.6. The fraction of sp³-hybridized carbons (Fsp3) is 0.429. The Morgan fingerprint density at radius 3 is 2.45 bits per heavy atom. The Kier molecular flexibility index (Phi) is 7.53. The van der Waals surface area contributed by atoms with Crippen LogP contribution in [0.4, 0.5) is 5.69 Å². The van der Waals surface area contributed by atoms with E-state index in [4.69, 9.17) is 4.74 Å². The van der Waals surface area contributed by atoms with Crippen LogP contribution in [0.5, 0.6) is 0 Å². The largest absolute Gasteiger partial charge is 0.379 e. The van der Waals surface area contributed by atoms with Gasteiger partial charge in [-0.3, -0.25) is 9.59 Å². The second-order valence-electron chi connectivity index (χ2n) is 4.49. The molecular weight excluding hydrogens is 371 g/mol. The highest BCUT2D eigenvalue weighted by molar-refractivity contribution is 14.1. The van der Waals surface area contributed by atoms with E-state index < -0.39 is 11.8 Å². The van der Waals surface area contributed by atoms with E-state index in [1.54, 1.807) is 12.1 Å². The van der Waals surface area contributed by atoms with Crippen molar-refractivity contribution in [3.8, 4) is 0 Å². The lowest BCUT2D eigenvalue weighted by Crippen LogP contribution is -2.36. The third-order valence-electron chi connectivity index (χ3n) is 2.37. The van der Waals surface area contributed by atoms with E-state index in [0.717, 1.165) is 3.57 Å². The number of halogens is 1. The first-order chi connectivity index (χ1) is 9.49. The number of rotatable bonds is 6. The molecule has 6 heteroatoms. The summed E-state index contributed by atoms with van der Waals surface area (Å²) in [7, 11) is 0. The smallest absolute Gasteiger partial charge is 0.313 e. The number of amides is 2. The lowest BCUT2D eigenvalue weighted by atomic mass is 10.3. The third kappa shape index (κ3) is 6.85. The van der Waals surface area contributed by atoms with Crippen LogP contribution in [-0.2, 0) is 14.3 Å². The number of ether oxygens (including phenoxy) is 1. The quantitative estimate of drug-likeness (QED) is 0.445. The molecule has 0 saturated carbocycles. The molecule has 5 nitrogen and oxygen atoms in total. The minimum Gasteiger partial charge on any atom is -0.379 e. The normalized spacial score (nSPS) is 10.4. The minimum absolute atomic E-state index is 0.176. The number of hydrogen-bond donors (Lipinski definition) is 2. The summed E-state index contributed by atoms with van der Waals surface area (Å²) in [6, 6.07) is 7.22. The van der Waals surface area contributed by atoms with Gasteiger partial charge in [0.2, 0.25) is 0 Å². The topological polar surface area (TPSA) is 67.4 Å². The van der Waals surface area contributed by atoms with E-state index in [9.17, 15) is 9.59 Å². The molecule has 0 aliphatic carbocycles. The van der Waals surface area contributed by atoms with Gasteiger partial charge in [0.1, 0.15) is 0 Å². The average molecular weight is 390 g/mol. The molecule has 2 amide bonds. The first-order valence-electron chi connectivity index (χ1n) is 6.45. The molecule has 1 rings (SSSR count). The zero-order valence-corrected chi connectivity index (χ0v) is 13.8. The number of hydrogen-bond acceptors (Lipinski definition) is 3. The molecular formula is C14H19IN2O3. The predicted octanol–water partition coefficient (Wildman–Crippen LogP) is 2.16. The van der Waals surface area contributed by atoms with Crippen LogP contribution in [0.3, 0.4) is 0 Å². The Bertz CT molecular complexity index is 446. The Balaban J connectivity index is 2.25. The molecule has 0 spiro atoms. The number of nitrogens with one attached hydrogen (secondary N) is 2. The van der Waals surface area contributed by atoms with Gasteiger partial charge in [-0.2, -0.15) is 0 Å². The Morgan fingerprint density at radius 1 is 1.20 bits per heavy atom. The molecule has 0 aromatic heterocycles. The van der Waals surface area contributed by atoms with Crippen LogP contribution < -0.4 is 10.6 Å². The van der Waals surface area contributed by atoms with Gasteiger partial charge < -0.3 is 15.4 Å². The highest BCUT2D eigenvalue weighted by Crippen LogP contribution is 2.10. The first-order valence-corrected chi connectivity index (χ1v) is 7.53. The fourth-order valence-electron chi connectivity index (χ4n) is 1.39. The van der Waals surface area contributed by atoms with E-state index in [0.29, 0.717) is 25.3 Å². The van der Waals surface area contributed by atoms with E-state index in [1.807, 2.05) is 26.0 Å². The van der Waals surface area contributed by atoms with Gasteiger partial charge in [0, 0.05) is 22.4 Å². The van der Waals surface area contributed by atoms with Crippen LogP contribution in [0.1, 0.15) is 20.3 Å². The summed E-state index contributed by atoms with van der Waals surface area (Å²) < 4.78 is 6.40. The molecule has 0 radical (unpaired) electrons. The molecule has 0 aliphatic heterocycles. The number of carbonyl (C=O) groups excluding carboxylic acids is 2. The van der Waals surface area contributed by atoms with Crippen molar-refractivity contribution < 1.29 is 14.3 Å². The molecule has 1 aromatic rings. The number of benzene rings is 1. The van der Waals surface area contributed by atoms with Gasteiger partial charge in [0.15, 0.2) is 0 Å². The zero-order chi connectivity index (χ0) is 15.0. The molecule has 1 aromatic carbocycles. The maximum Gasteiger partial charge on any atom is 0.313 e. The summed E-state index contributed by atoms with van der Waals surface area (Å²) in [4.78, 5) is 23.2. The molecule has 0 bridgehead atoms. The van der Waals surface area contributed by atoms with Crippen molar-refractivity contribution in [2.75, 3.05) is 18.5 Å². The molecule has 0 unspecified atom stereocenters. The van der Waals surface area contributed by atoms with E-state index in [2.05, 4.69) is 33.2 Å². The summed E-state index contributed by atoms with van der Waals surface area (Å²) in [5.74, 6) is -1.29. The summed E-state index contributed by atoms with van der Waals surface area (Å²) in [5, 5.41) is 5.10.